The lowest BCUT2D eigenvalue weighted by molar-refractivity contribution is -0.380. The molecule has 0 bridgehead atoms. The van der Waals surface area contributed by atoms with Gasteiger partial charge in [0.25, 0.3) is 0 Å². The first-order valence-electron chi connectivity index (χ1n) is 5.20. The van der Waals surface area contributed by atoms with E-state index in [-0.39, 0.29) is 5.00 Å². The van der Waals surface area contributed by atoms with Crippen LogP contribution in [0, 0.1) is 10.1 Å². The fourth-order valence-corrected chi connectivity index (χ4v) is 2.58. The van der Waals surface area contributed by atoms with Gasteiger partial charge >= 0.3 is 5.00 Å². The van der Waals surface area contributed by atoms with Crippen molar-refractivity contribution in [1.82, 2.24) is 9.88 Å². The molecule has 7 heteroatoms. The van der Waals surface area contributed by atoms with Crippen LogP contribution in [0.1, 0.15) is 12.8 Å². The zero-order valence-corrected chi connectivity index (χ0v) is 9.87. The summed E-state index contributed by atoms with van der Waals surface area (Å²) in [5.74, 6) is 0. The number of hydrogen-bond donors (Lipinski definition) is 1. The van der Waals surface area contributed by atoms with Crippen LogP contribution in [0.2, 0.25) is 0 Å². The Morgan fingerprint density at radius 2 is 2.56 bits per heavy atom. The minimum Gasteiger partial charge on any atom is -0.357 e. The molecule has 2 rings (SSSR count). The average molecular weight is 242 g/mol. The molecule has 16 heavy (non-hydrogen) atoms. The van der Waals surface area contributed by atoms with Crippen molar-refractivity contribution in [2.24, 2.45) is 0 Å². The number of nitro groups is 1. The van der Waals surface area contributed by atoms with E-state index < -0.39 is 4.92 Å². The molecule has 1 saturated heterocycles. The van der Waals surface area contributed by atoms with Crippen molar-refractivity contribution in [1.29, 1.82) is 0 Å². The summed E-state index contributed by atoms with van der Waals surface area (Å²) in [6.45, 7) is 2.09. The van der Waals surface area contributed by atoms with Crippen LogP contribution >= 0.6 is 11.3 Å². The SMILES string of the molecule is CN1CCCC(Nc2ncc([N+](=O)[O-])s2)C1. The third-order valence-electron chi connectivity index (χ3n) is 2.63. The predicted octanol–water partition coefficient (Wildman–Crippen LogP) is 1.56. The summed E-state index contributed by atoms with van der Waals surface area (Å²) in [6, 6.07) is 0.351. The minimum absolute atomic E-state index is 0.0895. The number of likely N-dealkylation sites (tertiary alicyclic amines) is 1. The molecular weight excluding hydrogens is 228 g/mol. The monoisotopic (exact) mass is 242 g/mol. The third-order valence-corrected chi connectivity index (χ3v) is 3.51. The van der Waals surface area contributed by atoms with Crippen molar-refractivity contribution in [2.75, 3.05) is 25.5 Å². The lowest BCUT2D eigenvalue weighted by Crippen LogP contribution is -2.39. The molecule has 6 nitrogen and oxygen atoms in total. The second kappa shape index (κ2) is 4.75. The van der Waals surface area contributed by atoms with E-state index in [2.05, 4.69) is 22.2 Å². The van der Waals surface area contributed by atoms with E-state index in [9.17, 15) is 10.1 Å². The molecule has 0 spiro atoms. The van der Waals surface area contributed by atoms with E-state index in [1.54, 1.807) is 0 Å². The Labute approximate surface area is 97.4 Å². The Morgan fingerprint density at radius 1 is 1.75 bits per heavy atom. The first kappa shape index (κ1) is 11.3. The summed E-state index contributed by atoms with van der Waals surface area (Å²) in [4.78, 5) is 16.3. The van der Waals surface area contributed by atoms with Crippen LogP contribution in [0.3, 0.4) is 0 Å². The second-order valence-electron chi connectivity index (χ2n) is 4.01. The summed E-state index contributed by atoms with van der Waals surface area (Å²) in [7, 11) is 2.08. The van der Waals surface area contributed by atoms with E-state index in [0.29, 0.717) is 11.2 Å². The van der Waals surface area contributed by atoms with Gasteiger partial charge in [-0.3, -0.25) is 10.1 Å². The maximum Gasteiger partial charge on any atom is 0.345 e. The highest BCUT2D eigenvalue weighted by molar-refractivity contribution is 7.18. The van der Waals surface area contributed by atoms with Crippen LogP contribution in [-0.2, 0) is 0 Å². The Bertz CT molecular complexity index is 381. The molecule has 1 aliphatic heterocycles. The minimum atomic E-state index is -0.407. The van der Waals surface area contributed by atoms with Crippen LogP contribution in [0.5, 0.6) is 0 Å². The van der Waals surface area contributed by atoms with Gasteiger partial charge in [0.1, 0.15) is 6.20 Å². The van der Waals surface area contributed by atoms with Crippen molar-refractivity contribution in [3.63, 3.8) is 0 Å². The zero-order chi connectivity index (χ0) is 11.5. The number of thiazole rings is 1. The van der Waals surface area contributed by atoms with Gasteiger partial charge < -0.3 is 10.2 Å². The molecule has 0 saturated carbocycles. The van der Waals surface area contributed by atoms with Crippen LogP contribution in [0.25, 0.3) is 0 Å². The molecule has 1 fully saturated rings. The second-order valence-corrected chi connectivity index (χ2v) is 5.02. The summed E-state index contributed by atoms with van der Waals surface area (Å²) in [5, 5.41) is 14.5. The Balaban J connectivity index is 1.95. The summed E-state index contributed by atoms with van der Waals surface area (Å²) < 4.78 is 0. The molecule has 1 unspecified atom stereocenters. The van der Waals surface area contributed by atoms with Gasteiger partial charge in [0.05, 0.1) is 4.92 Å². The van der Waals surface area contributed by atoms with Gasteiger partial charge in [-0.1, -0.05) is 0 Å². The lowest BCUT2D eigenvalue weighted by Gasteiger charge is -2.29. The third kappa shape index (κ3) is 2.67. The topological polar surface area (TPSA) is 71.3 Å². The van der Waals surface area contributed by atoms with E-state index in [1.807, 2.05) is 0 Å². The molecule has 2 heterocycles. The molecule has 88 valence electrons. The molecule has 0 aliphatic carbocycles. The molecule has 1 N–H and O–H groups in total. The van der Waals surface area contributed by atoms with E-state index in [4.69, 9.17) is 0 Å². The van der Waals surface area contributed by atoms with Crippen molar-refractivity contribution in [2.45, 2.75) is 18.9 Å². The maximum absolute atomic E-state index is 10.5. The molecule has 1 aromatic heterocycles. The molecule has 0 radical (unpaired) electrons. The van der Waals surface area contributed by atoms with Gasteiger partial charge in [-0.05, 0) is 37.8 Å². The van der Waals surface area contributed by atoms with Crippen LogP contribution < -0.4 is 5.32 Å². The molecule has 1 atom stereocenters. The van der Waals surface area contributed by atoms with Crippen molar-refractivity contribution in [3.8, 4) is 0 Å². The van der Waals surface area contributed by atoms with E-state index >= 15 is 0 Å². The summed E-state index contributed by atoms with van der Waals surface area (Å²) >= 11 is 1.10. The van der Waals surface area contributed by atoms with E-state index in [1.165, 1.54) is 6.20 Å². The average Bonchev–Trinajstić information content (AvgIpc) is 2.66. The Morgan fingerprint density at radius 3 is 3.19 bits per heavy atom. The van der Waals surface area contributed by atoms with Gasteiger partial charge in [-0.15, -0.1) is 0 Å². The smallest absolute Gasteiger partial charge is 0.345 e. The highest BCUT2D eigenvalue weighted by Crippen LogP contribution is 2.26. The van der Waals surface area contributed by atoms with Crippen LogP contribution in [-0.4, -0.2) is 41.0 Å². The molecule has 0 amide bonds. The standard InChI is InChI=1S/C9H14N4O2S/c1-12-4-2-3-7(6-12)11-9-10-5-8(16-9)13(14)15/h5,7H,2-4,6H2,1H3,(H,10,11). The quantitative estimate of drug-likeness (QED) is 0.643. The highest BCUT2D eigenvalue weighted by Gasteiger charge is 2.19. The molecule has 0 aromatic carbocycles. The van der Waals surface area contributed by atoms with Crippen molar-refractivity contribution < 1.29 is 4.92 Å². The Kier molecular flexibility index (Phi) is 3.35. The van der Waals surface area contributed by atoms with Crippen LogP contribution in [0.4, 0.5) is 10.1 Å². The maximum atomic E-state index is 10.5. The van der Waals surface area contributed by atoms with Gasteiger partial charge in [-0.2, -0.15) is 0 Å². The van der Waals surface area contributed by atoms with Crippen LogP contribution in [0.15, 0.2) is 6.20 Å². The predicted molar refractivity (Wildman–Crippen MR) is 62.9 cm³/mol. The molecule has 1 aliphatic rings. The summed E-state index contributed by atoms with van der Waals surface area (Å²) in [6.07, 6.45) is 3.55. The number of anilines is 1. The Hall–Kier alpha value is -1.21. The number of aromatic nitrogens is 1. The fraction of sp³-hybridized carbons (Fsp3) is 0.667. The number of rotatable bonds is 3. The van der Waals surface area contributed by atoms with Crippen molar-refractivity contribution >= 4 is 21.5 Å². The fourth-order valence-electron chi connectivity index (χ4n) is 1.88. The van der Waals surface area contributed by atoms with Gasteiger partial charge in [-0.25, -0.2) is 4.98 Å². The highest BCUT2D eigenvalue weighted by atomic mass is 32.1. The molecular formula is C9H14N4O2S. The number of likely N-dealkylation sites (N-methyl/N-ethyl adjacent to an activating group) is 1. The van der Waals surface area contributed by atoms with Gasteiger partial charge in [0.15, 0.2) is 5.13 Å². The number of nitrogens with one attached hydrogen (secondary N) is 1. The summed E-state index contributed by atoms with van der Waals surface area (Å²) in [5.41, 5.74) is 0. The molecule has 1 aromatic rings. The van der Waals surface area contributed by atoms with Gasteiger partial charge in [0, 0.05) is 12.6 Å². The number of piperidine rings is 1. The normalized spacial score (nSPS) is 21.9. The van der Waals surface area contributed by atoms with Gasteiger partial charge in [0.2, 0.25) is 0 Å². The zero-order valence-electron chi connectivity index (χ0n) is 9.05. The van der Waals surface area contributed by atoms with E-state index in [0.717, 1.165) is 37.3 Å². The number of nitrogens with zero attached hydrogens (tertiary/aromatic N) is 3. The van der Waals surface area contributed by atoms with Crippen molar-refractivity contribution in [3.05, 3.63) is 16.3 Å². The first-order valence-corrected chi connectivity index (χ1v) is 6.02. The largest absolute Gasteiger partial charge is 0.357 e. The first-order chi connectivity index (χ1) is 7.65. The number of hydrogen-bond acceptors (Lipinski definition) is 6. The lowest BCUT2D eigenvalue weighted by atomic mass is 10.1.